The molecule has 0 spiro atoms. The maximum Gasteiger partial charge on any atom is 0.337 e. The third kappa shape index (κ3) is 2.19. The van der Waals surface area contributed by atoms with E-state index in [1.807, 2.05) is 12.2 Å². The zero-order valence-electron chi connectivity index (χ0n) is 6.16. The average molecular weight is 247 g/mol. The summed E-state index contributed by atoms with van der Waals surface area (Å²) < 4.78 is 0. The van der Waals surface area contributed by atoms with Crippen LogP contribution in [0, 0.1) is 0 Å². The van der Waals surface area contributed by atoms with Crippen LogP contribution in [0.25, 0.3) is 6.08 Å². The maximum absolute atomic E-state index is 10.6. The highest BCUT2D eigenvalue weighted by Gasteiger charge is 2.07. The Hall–Kier alpha value is -0.610. The lowest BCUT2D eigenvalue weighted by atomic mass is 10.2. The van der Waals surface area contributed by atoms with E-state index in [9.17, 15) is 4.79 Å². The van der Waals surface area contributed by atoms with Gasteiger partial charge in [0.2, 0.25) is 0 Å². The second-order valence-electron chi connectivity index (χ2n) is 2.06. The molecule has 0 radical (unpaired) electrons. The number of rotatable bonds is 3. The summed E-state index contributed by atoms with van der Waals surface area (Å²) in [5.41, 5.74) is 0.372. The highest BCUT2D eigenvalue weighted by atomic mass is 79.9. The zero-order valence-corrected chi connectivity index (χ0v) is 8.56. The van der Waals surface area contributed by atoms with Crippen LogP contribution in [-0.4, -0.2) is 16.4 Å². The summed E-state index contributed by atoms with van der Waals surface area (Å²) >= 11 is 4.66. The van der Waals surface area contributed by atoms with Crippen molar-refractivity contribution in [3.8, 4) is 0 Å². The topological polar surface area (TPSA) is 37.3 Å². The molecule has 0 saturated heterocycles. The largest absolute Gasteiger partial charge is 0.478 e. The van der Waals surface area contributed by atoms with Gasteiger partial charge in [-0.15, -0.1) is 11.3 Å². The Bertz CT molecular complexity index is 304. The molecule has 0 bridgehead atoms. The van der Waals surface area contributed by atoms with Crippen LogP contribution in [0.2, 0.25) is 0 Å². The SMILES string of the molecule is O=C(O)c1ccsc1C=CCBr. The van der Waals surface area contributed by atoms with Crippen LogP contribution >= 0.6 is 27.3 Å². The van der Waals surface area contributed by atoms with Gasteiger partial charge in [-0.05, 0) is 17.5 Å². The lowest BCUT2D eigenvalue weighted by Gasteiger charge is -1.89. The molecule has 64 valence electrons. The number of carboxylic acids is 1. The summed E-state index contributed by atoms with van der Waals surface area (Å²) in [6.07, 6.45) is 3.68. The van der Waals surface area contributed by atoms with Gasteiger partial charge < -0.3 is 5.11 Å². The Kier molecular flexibility index (Phi) is 3.49. The van der Waals surface area contributed by atoms with Gasteiger partial charge in [0.25, 0.3) is 0 Å². The Morgan fingerprint density at radius 2 is 2.50 bits per heavy atom. The van der Waals surface area contributed by atoms with Gasteiger partial charge in [0.15, 0.2) is 0 Å². The second-order valence-corrected chi connectivity index (χ2v) is 3.66. The molecule has 12 heavy (non-hydrogen) atoms. The van der Waals surface area contributed by atoms with E-state index in [-0.39, 0.29) is 0 Å². The Labute approximate surface area is 82.7 Å². The second kappa shape index (κ2) is 4.42. The average Bonchev–Trinajstić information content (AvgIpc) is 2.48. The summed E-state index contributed by atoms with van der Waals surface area (Å²) in [5.74, 6) is -0.870. The third-order valence-electron chi connectivity index (χ3n) is 1.28. The molecule has 0 fully saturated rings. The first kappa shape index (κ1) is 9.48. The first-order chi connectivity index (χ1) is 5.75. The van der Waals surface area contributed by atoms with Gasteiger partial charge >= 0.3 is 5.97 Å². The number of carbonyl (C=O) groups is 1. The number of carboxylic acid groups (broad SMARTS) is 1. The van der Waals surface area contributed by atoms with Crippen LogP contribution in [-0.2, 0) is 0 Å². The molecule has 0 aliphatic rings. The minimum Gasteiger partial charge on any atom is -0.478 e. The summed E-state index contributed by atoms with van der Waals surface area (Å²) in [4.78, 5) is 11.4. The van der Waals surface area contributed by atoms with E-state index < -0.39 is 5.97 Å². The van der Waals surface area contributed by atoms with Crippen LogP contribution in [0.1, 0.15) is 15.2 Å². The number of hydrogen-bond donors (Lipinski definition) is 1. The molecule has 0 saturated carbocycles. The smallest absolute Gasteiger partial charge is 0.337 e. The van der Waals surface area contributed by atoms with Gasteiger partial charge in [-0.2, -0.15) is 0 Å². The molecule has 0 atom stereocenters. The molecule has 1 heterocycles. The molecule has 1 rings (SSSR count). The molecule has 1 aromatic rings. The van der Waals surface area contributed by atoms with Crippen molar-refractivity contribution in [2.75, 3.05) is 5.33 Å². The van der Waals surface area contributed by atoms with Crippen LogP contribution in [0.5, 0.6) is 0 Å². The highest BCUT2D eigenvalue weighted by molar-refractivity contribution is 9.09. The minimum atomic E-state index is -0.870. The van der Waals surface area contributed by atoms with Crippen LogP contribution < -0.4 is 0 Å². The Morgan fingerprint density at radius 3 is 3.08 bits per heavy atom. The standard InChI is InChI=1S/C8H7BrO2S/c9-4-1-2-7-6(8(10)11)3-5-12-7/h1-3,5H,4H2,(H,10,11). The third-order valence-corrected chi connectivity index (χ3v) is 2.54. The van der Waals surface area contributed by atoms with Gasteiger partial charge in [-0.25, -0.2) is 4.79 Å². The lowest BCUT2D eigenvalue weighted by Crippen LogP contribution is -1.94. The number of alkyl halides is 1. The fraction of sp³-hybridized carbons (Fsp3) is 0.125. The number of halogens is 1. The van der Waals surface area contributed by atoms with E-state index in [0.717, 1.165) is 10.2 Å². The van der Waals surface area contributed by atoms with Crippen molar-refractivity contribution in [2.45, 2.75) is 0 Å². The highest BCUT2D eigenvalue weighted by Crippen LogP contribution is 2.18. The van der Waals surface area contributed by atoms with Crippen molar-refractivity contribution in [1.82, 2.24) is 0 Å². The molecular formula is C8H7BrO2S. The monoisotopic (exact) mass is 246 g/mol. The van der Waals surface area contributed by atoms with Gasteiger partial charge in [-0.3, -0.25) is 0 Å². The van der Waals surface area contributed by atoms with E-state index in [4.69, 9.17) is 5.11 Å². The normalized spacial score (nSPS) is 10.8. The Morgan fingerprint density at radius 1 is 1.75 bits per heavy atom. The molecule has 0 aliphatic heterocycles. The van der Waals surface area contributed by atoms with Crippen molar-refractivity contribution >= 4 is 39.3 Å². The van der Waals surface area contributed by atoms with E-state index in [2.05, 4.69) is 15.9 Å². The molecule has 1 aromatic heterocycles. The van der Waals surface area contributed by atoms with Crippen molar-refractivity contribution in [3.63, 3.8) is 0 Å². The fourth-order valence-electron chi connectivity index (χ4n) is 0.778. The molecule has 2 nitrogen and oxygen atoms in total. The fourth-order valence-corrected chi connectivity index (χ4v) is 1.77. The summed E-state index contributed by atoms with van der Waals surface area (Å²) in [6, 6.07) is 1.61. The molecule has 0 aromatic carbocycles. The predicted octanol–water partition coefficient (Wildman–Crippen LogP) is 2.85. The molecular weight excluding hydrogens is 240 g/mol. The number of hydrogen-bond acceptors (Lipinski definition) is 2. The van der Waals surface area contributed by atoms with Crippen molar-refractivity contribution in [3.05, 3.63) is 28.0 Å². The van der Waals surface area contributed by atoms with E-state index in [0.29, 0.717) is 5.56 Å². The van der Waals surface area contributed by atoms with Crippen LogP contribution in [0.15, 0.2) is 17.5 Å². The van der Waals surface area contributed by atoms with Crippen LogP contribution in [0.3, 0.4) is 0 Å². The molecule has 0 amide bonds. The zero-order chi connectivity index (χ0) is 8.97. The van der Waals surface area contributed by atoms with Crippen LogP contribution in [0.4, 0.5) is 0 Å². The van der Waals surface area contributed by atoms with Crippen molar-refractivity contribution in [2.24, 2.45) is 0 Å². The number of aromatic carboxylic acids is 1. The lowest BCUT2D eigenvalue weighted by molar-refractivity contribution is 0.0697. The quantitative estimate of drug-likeness (QED) is 0.834. The minimum absolute atomic E-state index is 0.372. The van der Waals surface area contributed by atoms with E-state index in [1.165, 1.54) is 11.3 Å². The number of thiophene rings is 1. The van der Waals surface area contributed by atoms with Gasteiger partial charge in [0.05, 0.1) is 5.56 Å². The van der Waals surface area contributed by atoms with Gasteiger partial charge in [0, 0.05) is 10.2 Å². The van der Waals surface area contributed by atoms with E-state index >= 15 is 0 Å². The summed E-state index contributed by atoms with van der Waals surface area (Å²) in [6.45, 7) is 0. The molecule has 1 N–H and O–H groups in total. The summed E-state index contributed by atoms with van der Waals surface area (Å²) in [5, 5.41) is 11.2. The number of allylic oxidation sites excluding steroid dienone is 1. The first-order valence-electron chi connectivity index (χ1n) is 3.29. The molecule has 4 heteroatoms. The van der Waals surface area contributed by atoms with Gasteiger partial charge in [-0.1, -0.05) is 22.0 Å². The van der Waals surface area contributed by atoms with Gasteiger partial charge in [0.1, 0.15) is 0 Å². The Balaban J connectivity index is 2.91. The van der Waals surface area contributed by atoms with Crippen molar-refractivity contribution < 1.29 is 9.90 Å². The summed E-state index contributed by atoms with van der Waals surface area (Å²) in [7, 11) is 0. The molecule has 0 aliphatic carbocycles. The predicted molar refractivity (Wildman–Crippen MR) is 54.1 cm³/mol. The molecule has 0 unspecified atom stereocenters. The van der Waals surface area contributed by atoms with E-state index in [1.54, 1.807) is 11.4 Å². The maximum atomic E-state index is 10.6. The first-order valence-corrected chi connectivity index (χ1v) is 5.29. The van der Waals surface area contributed by atoms with Crippen molar-refractivity contribution in [1.29, 1.82) is 0 Å².